The molecule has 1 aromatic carbocycles. The summed E-state index contributed by atoms with van der Waals surface area (Å²) < 4.78 is 2.06. The Kier molecular flexibility index (Phi) is 6.23. The molecule has 1 aliphatic heterocycles. The lowest BCUT2D eigenvalue weighted by Crippen LogP contribution is -2.45. The van der Waals surface area contributed by atoms with Gasteiger partial charge >= 0.3 is 0 Å². The molecule has 1 N–H and O–H groups in total. The Morgan fingerprint density at radius 1 is 1.19 bits per heavy atom. The summed E-state index contributed by atoms with van der Waals surface area (Å²) in [6.45, 7) is 7.51. The molecule has 6 nitrogen and oxygen atoms in total. The molecule has 162 valence electrons. The smallest absolute Gasteiger partial charge is 0.242 e. The molecule has 3 heterocycles. The zero-order valence-corrected chi connectivity index (χ0v) is 19.0. The lowest BCUT2D eigenvalue weighted by atomic mass is 9.97. The average molecular weight is 437 g/mol. The highest BCUT2D eigenvalue weighted by Gasteiger charge is 2.29. The fourth-order valence-corrected chi connectivity index (χ4v) is 4.82. The number of nitrogens with zero attached hydrogens (tertiary/aromatic N) is 3. The highest BCUT2D eigenvalue weighted by molar-refractivity contribution is 7.09. The molecule has 2 amide bonds. The Morgan fingerprint density at radius 3 is 2.68 bits per heavy atom. The van der Waals surface area contributed by atoms with Crippen LogP contribution in [0.1, 0.15) is 29.2 Å². The third-order valence-electron chi connectivity index (χ3n) is 5.95. The molecule has 1 unspecified atom stereocenters. The van der Waals surface area contributed by atoms with E-state index in [9.17, 15) is 9.59 Å². The predicted molar refractivity (Wildman–Crippen MR) is 124 cm³/mol. The number of aryl methyl sites for hydroxylation is 2. The highest BCUT2D eigenvalue weighted by Crippen LogP contribution is 2.28. The number of benzene rings is 1. The summed E-state index contributed by atoms with van der Waals surface area (Å²) in [6, 6.07) is 11.6. The van der Waals surface area contributed by atoms with Gasteiger partial charge < -0.3 is 14.8 Å². The van der Waals surface area contributed by atoms with Gasteiger partial charge in [-0.25, -0.2) is 4.98 Å². The van der Waals surface area contributed by atoms with E-state index in [1.165, 1.54) is 0 Å². The number of piperidine rings is 1. The molecule has 0 aliphatic carbocycles. The zero-order valence-electron chi connectivity index (χ0n) is 18.2. The Labute approximate surface area is 186 Å². The minimum atomic E-state index is -0.182. The van der Waals surface area contributed by atoms with E-state index in [2.05, 4.69) is 26.3 Å². The summed E-state index contributed by atoms with van der Waals surface area (Å²) in [5.41, 5.74) is 4.92. The second-order valence-corrected chi connectivity index (χ2v) is 9.22. The van der Waals surface area contributed by atoms with Crippen LogP contribution in [0.3, 0.4) is 0 Å². The minimum absolute atomic E-state index is 0.0155. The molecule has 1 saturated heterocycles. The number of hydrogen-bond acceptors (Lipinski definition) is 4. The van der Waals surface area contributed by atoms with Crippen LogP contribution in [-0.4, -0.2) is 39.4 Å². The number of rotatable bonds is 5. The maximum atomic E-state index is 13.1. The number of carbonyl (C=O) groups excluding carboxylic acids is 2. The molecule has 0 spiro atoms. The van der Waals surface area contributed by atoms with Crippen molar-refractivity contribution in [1.29, 1.82) is 0 Å². The van der Waals surface area contributed by atoms with Crippen molar-refractivity contribution in [2.45, 2.75) is 40.2 Å². The number of para-hydroxylation sites is 1. The van der Waals surface area contributed by atoms with E-state index in [1.54, 1.807) is 11.3 Å². The van der Waals surface area contributed by atoms with Crippen LogP contribution in [0.2, 0.25) is 0 Å². The molecule has 3 aromatic rings. The van der Waals surface area contributed by atoms with Crippen LogP contribution in [0.5, 0.6) is 0 Å². The Hall–Kier alpha value is -2.93. The van der Waals surface area contributed by atoms with Crippen molar-refractivity contribution in [3.05, 3.63) is 58.2 Å². The standard InChI is InChI=1S/C24H28N4O2S/c1-16-12-21(22-15-31-18(3)25-22)17(2)28(16)14-23(29)27-11-7-8-19(13-27)24(30)26-20-9-5-4-6-10-20/h4-6,9-10,12,15,19H,7-8,11,13-14H2,1-3H3,(H,26,30). The van der Waals surface area contributed by atoms with Crippen LogP contribution >= 0.6 is 11.3 Å². The first-order chi connectivity index (χ1) is 14.9. The van der Waals surface area contributed by atoms with Crippen LogP contribution in [0, 0.1) is 26.7 Å². The number of likely N-dealkylation sites (tertiary alicyclic amines) is 1. The second kappa shape index (κ2) is 9.06. The van der Waals surface area contributed by atoms with E-state index in [4.69, 9.17) is 0 Å². The zero-order chi connectivity index (χ0) is 22.0. The van der Waals surface area contributed by atoms with Crippen LogP contribution < -0.4 is 5.32 Å². The summed E-state index contributed by atoms with van der Waals surface area (Å²) in [6.07, 6.45) is 1.64. The summed E-state index contributed by atoms with van der Waals surface area (Å²) in [7, 11) is 0. The number of nitrogens with one attached hydrogen (secondary N) is 1. The Balaban J connectivity index is 1.43. The SMILES string of the molecule is Cc1nc(-c2cc(C)n(CC(=O)N3CCCC(C(=O)Nc4ccccc4)C3)c2C)cs1. The maximum absolute atomic E-state index is 13.1. The van der Waals surface area contributed by atoms with Crippen molar-refractivity contribution in [1.82, 2.24) is 14.5 Å². The molecule has 1 fully saturated rings. The number of thiazole rings is 1. The van der Waals surface area contributed by atoms with Gasteiger partial charge in [0.15, 0.2) is 0 Å². The van der Waals surface area contributed by atoms with Gasteiger partial charge in [-0.15, -0.1) is 11.3 Å². The first-order valence-electron chi connectivity index (χ1n) is 10.7. The van der Waals surface area contributed by atoms with Crippen molar-refractivity contribution in [2.24, 2.45) is 5.92 Å². The Morgan fingerprint density at radius 2 is 1.97 bits per heavy atom. The van der Waals surface area contributed by atoms with Gasteiger partial charge in [-0.1, -0.05) is 18.2 Å². The van der Waals surface area contributed by atoms with Crippen LogP contribution in [0.15, 0.2) is 41.8 Å². The number of anilines is 1. The quantitative estimate of drug-likeness (QED) is 0.644. The van der Waals surface area contributed by atoms with E-state index < -0.39 is 0 Å². The van der Waals surface area contributed by atoms with Crippen LogP contribution in [0.4, 0.5) is 5.69 Å². The second-order valence-electron chi connectivity index (χ2n) is 8.16. The molecular formula is C24H28N4O2S. The van der Waals surface area contributed by atoms with Gasteiger partial charge in [0.1, 0.15) is 6.54 Å². The minimum Gasteiger partial charge on any atom is -0.340 e. The summed E-state index contributed by atoms with van der Waals surface area (Å²) >= 11 is 1.63. The Bertz CT molecular complexity index is 1090. The van der Waals surface area contributed by atoms with Crippen molar-refractivity contribution in [3.63, 3.8) is 0 Å². The summed E-state index contributed by atoms with van der Waals surface area (Å²) in [4.78, 5) is 32.2. The lowest BCUT2D eigenvalue weighted by molar-refractivity contribution is -0.135. The van der Waals surface area contributed by atoms with Crippen molar-refractivity contribution in [2.75, 3.05) is 18.4 Å². The molecule has 0 saturated carbocycles. The van der Waals surface area contributed by atoms with Gasteiger partial charge in [-0.2, -0.15) is 0 Å². The molecule has 1 aliphatic rings. The highest BCUT2D eigenvalue weighted by atomic mass is 32.1. The van der Waals surface area contributed by atoms with Gasteiger partial charge in [0.2, 0.25) is 11.8 Å². The normalized spacial score (nSPS) is 16.4. The first-order valence-corrected chi connectivity index (χ1v) is 11.5. The molecular weight excluding hydrogens is 408 g/mol. The number of carbonyl (C=O) groups is 2. The van der Waals surface area contributed by atoms with Gasteiger partial charge in [-0.3, -0.25) is 9.59 Å². The number of aromatic nitrogens is 2. The predicted octanol–water partition coefficient (Wildman–Crippen LogP) is 4.41. The first kappa shape index (κ1) is 21.3. The van der Waals surface area contributed by atoms with Crippen LogP contribution in [-0.2, 0) is 16.1 Å². The lowest BCUT2D eigenvalue weighted by Gasteiger charge is -2.32. The summed E-state index contributed by atoms with van der Waals surface area (Å²) in [5.74, 6) is -0.142. The van der Waals surface area contributed by atoms with Gasteiger partial charge in [-0.05, 0) is 51.8 Å². The van der Waals surface area contributed by atoms with E-state index in [-0.39, 0.29) is 24.3 Å². The molecule has 4 rings (SSSR count). The summed E-state index contributed by atoms with van der Waals surface area (Å²) in [5, 5.41) is 6.07. The van der Waals surface area contributed by atoms with Crippen molar-refractivity contribution >= 4 is 28.8 Å². The average Bonchev–Trinajstić information content (AvgIpc) is 3.32. The van der Waals surface area contributed by atoms with Gasteiger partial charge in [0.25, 0.3) is 0 Å². The fourth-order valence-electron chi connectivity index (χ4n) is 4.21. The van der Waals surface area contributed by atoms with E-state index in [0.717, 1.165) is 46.2 Å². The molecule has 1 atom stereocenters. The van der Waals surface area contributed by atoms with Gasteiger partial charge in [0.05, 0.1) is 16.6 Å². The van der Waals surface area contributed by atoms with E-state index in [1.807, 2.05) is 56.0 Å². The van der Waals surface area contributed by atoms with Crippen molar-refractivity contribution in [3.8, 4) is 11.3 Å². The monoisotopic (exact) mass is 436 g/mol. The molecule has 31 heavy (non-hydrogen) atoms. The topological polar surface area (TPSA) is 67.2 Å². The maximum Gasteiger partial charge on any atom is 0.242 e. The van der Waals surface area contributed by atoms with E-state index >= 15 is 0 Å². The third kappa shape index (κ3) is 4.71. The van der Waals surface area contributed by atoms with Crippen molar-refractivity contribution < 1.29 is 9.59 Å². The molecule has 0 radical (unpaired) electrons. The largest absolute Gasteiger partial charge is 0.340 e. The third-order valence-corrected chi connectivity index (χ3v) is 6.72. The molecule has 0 bridgehead atoms. The van der Waals surface area contributed by atoms with Gasteiger partial charge in [0, 0.05) is 41.1 Å². The molecule has 7 heteroatoms. The number of amides is 2. The number of hydrogen-bond donors (Lipinski definition) is 1. The van der Waals surface area contributed by atoms with Crippen LogP contribution in [0.25, 0.3) is 11.3 Å². The fraction of sp³-hybridized carbons (Fsp3) is 0.375. The molecule has 2 aromatic heterocycles. The van der Waals surface area contributed by atoms with E-state index in [0.29, 0.717) is 13.1 Å².